The minimum Gasteiger partial charge on any atom is -0.489 e. The molecular formula is C13H18ClFN2O2. The van der Waals surface area contributed by atoms with Crippen LogP contribution < -0.4 is 15.0 Å². The van der Waals surface area contributed by atoms with Crippen LogP contribution in [0, 0.1) is 11.7 Å². The Morgan fingerprint density at radius 3 is 3.00 bits per heavy atom. The summed E-state index contributed by atoms with van der Waals surface area (Å²) >= 11 is 0. The molecule has 0 saturated carbocycles. The van der Waals surface area contributed by atoms with Crippen LogP contribution in [-0.4, -0.2) is 32.7 Å². The Balaban J connectivity index is 0.00000180. The standard InChI is InChI=1S/C13H17FN2O2.ClH/c1-9(8-15-2)13(17)16-5-6-18-12-7-10(14)3-4-11(12)16;/h3-4,7,9,15H,5-6,8H2,1-2H3;1H. The van der Waals surface area contributed by atoms with Crippen molar-refractivity contribution < 1.29 is 13.9 Å². The van der Waals surface area contributed by atoms with Crippen LogP contribution in [0.2, 0.25) is 0 Å². The Hall–Kier alpha value is -1.33. The van der Waals surface area contributed by atoms with E-state index in [0.717, 1.165) is 0 Å². The third kappa shape index (κ3) is 3.36. The molecular weight excluding hydrogens is 271 g/mol. The number of ether oxygens (including phenoxy) is 1. The van der Waals surface area contributed by atoms with Crippen LogP contribution in [0.15, 0.2) is 18.2 Å². The molecule has 0 bridgehead atoms. The normalized spacial score (nSPS) is 15.0. The molecule has 0 spiro atoms. The van der Waals surface area contributed by atoms with Crippen LogP contribution in [0.1, 0.15) is 6.92 Å². The van der Waals surface area contributed by atoms with E-state index in [2.05, 4.69) is 5.32 Å². The fourth-order valence-electron chi connectivity index (χ4n) is 2.08. The Morgan fingerprint density at radius 2 is 2.32 bits per heavy atom. The molecule has 1 N–H and O–H groups in total. The Bertz CT molecular complexity index is 456. The summed E-state index contributed by atoms with van der Waals surface area (Å²) in [6.07, 6.45) is 0. The van der Waals surface area contributed by atoms with E-state index in [-0.39, 0.29) is 30.0 Å². The molecule has 0 saturated heterocycles. The van der Waals surface area contributed by atoms with Crippen molar-refractivity contribution in [1.82, 2.24) is 5.32 Å². The number of carbonyl (C=O) groups excluding carboxylic acids is 1. The molecule has 1 aromatic carbocycles. The van der Waals surface area contributed by atoms with E-state index in [1.807, 2.05) is 14.0 Å². The second kappa shape index (κ2) is 6.73. The molecule has 0 aliphatic carbocycles. The molecule has 1 aliphatic heterocycles. The van der Waals surface area contributed by atoms with E-state index in [1.165, 1.54) is 12.1 Å². The number of hydrogen-bond donors (Lipinski definition) is 1. The number of nitrogens with one attached hydrogen (secondary N) is 1. The number of fused-ring (bicyclic) bond motifs is 1. The van der Waals surface area contributed by atoms with Gasteiger partial charge in [-0.15, -0.1) is 12.4 Å². The summed E-state index contributed by atoms with van der Waals surface area (Å²) in [4.78, 5) is 13.9. The van der Waals surface area contributed by atoms with Gasteiger partial charge in [-0.05, 0) is 19.2 Å². The van der Waals surface area contributed by atoms with Crippen molar-refractivity contribution in [3.05, 3.63) is 24.0 Å². The third-order valence-corrected chi connectivity index (χ3v) is 2.98. The van der Waals surface area contributed by atoms with Gasteiger partial charge in [-0.3, -0.25) is 4.79 Å². The Labute approximate surface area is 118 Å². The lowest BCUT2D eigenvalue weighted by Crippen LogP contribution is -2.43. The van der Waals surface area contributed by atoms with Gasteiger partial charge in [0.1, 0.15) is 18.2 Å². The van der Waals surface area contributed by atoms with Crippen molar-refractivity contribution >= 4 is 24.0 Å². The maximum absolute atomic E-state index is 13.1. The summed E-state index contributed by atoms with van der Waals surface area (Å²) in [6.45, 7) is 3.39. The van der Waals surface area contributed by atoms with Crippen LogP contribution in [-0.2, 0) is 4.79 Å². The molecule has 0 fully saturated rings. The van der Waals surface area contributed by atoms with Gasteiger partial charge >= 0.3 is 0 Å². The lowest BCUT2D eigenvalue weighted by atomic mass is 10.1. The Morgan fingerprint density at radius 1 is 1.58 bits per heavy atom. The summed E-state index contributed by atoms with van der Waals surface area (Å²) in [5, 5.41) is 2.98. The highest BCUT2D eigenvalue weighted by atomic mass is 35.5. The largest absolute Gasteiger partial charge is 0.489 e. The van der Waals surface area contributed by atoms with Crippen LogP contribution >= 0.6 is 12.4 Å². The number of hydrogen-bond acceptors (Lipinski definition) is 3. The summed E-state index contributed by atoms with van der Waals surface area (Å²) < 4.78 is 18.5. The van der Waals surface area contributed by atoms with Crippen molar-refractivity contribution in [3.8, 4) is 5.75 Å². The van der Waals surface area contributed by atoms with E-state index in [4.69, 9.17) is 4.74 Å². The third-order valence-electron chi connectivity index (χ3n) is 2.98. The molecule has 1 unspecified atom stereocenters. The van der Waals surface area contributed by atoms with Crippen LogP contribution in [0.4, 0.5) is 10.1 Å². The molecule has 1 amide bonds. The lowest BCUT2D eigenvalue weighted by molar-refractivity contribution is -0.122. The highest BCUT2D eigenvalue weighted by Gasteiger charge is 2.27. The molecule has 1 heterocycles. The number of amides is 1. The van der Waals surface area contributed by atoms with Gasteiger partial charge in [0.05, 0.1) is 12.2 Å². The fraction of sp³-hybridized carbons (Fsp3) is 0.462. The summed E-state index contributed by atoms with van der Waals surface area (Å²) in [7, 11) is 1.81. The van der Waals surface area contributed by atoms with Crippen LogP contribution in [0.25, 0.3) is 0 Å². The van der Waals surface area contributed by atoms with E-state index in [0.29, 0.717) is 31.1 Å². The maximum atomic E-state index is 13.1. The van der Waals surface area contributed by atoms with Crippen LogP contribution in [0.5, 0.6) is 5.75 Å². The van der Waals surface area contributed by atoms with Crippen molar-refractivity contribution in [2.45, 2.75) is 6.92 Å². The topological polar surface area (TPSA) is 41.6 Å². The highest BCUT2D eigenvalue weighted by molar-refractivity contribution is 5.96. The van der Waals surface area contributed by atoms with Gasteiger partial charge in [0, 0.05) is 18.5 Å². The zero-order valence-electron chi connectivity index (χ0n) is 11.0. The summed E-state index contributed by atoms with van der Waals surface area (Å²) in [5.74, 6) is -0.0101. The zero-order chi connectivity index (χ0) is 13.1. The van der Waals surface area contributed by atoms with Gasteiger partial charge in [-0.2, -0.15) is 0 Å². The molecule has 0 aromatic heterocycles. The number of halogens is 2. The molecule has 19 heavy (non-hydrogen) atoms. The lowest BCUT2D eigenvalue weighted by Gasteiger charge is -2.31. The summed E-state index contributed by atoms with van der Waals surface area (Å²) in [6, 6.07) is 4.25. The predicted molar refractivity (Wildman–Crippen MR) is 74.6 cm³/mol. The highest BCUT2D eigenvalue weighted by Crippen LogP contribution is 2.32. The SMILES string of the molecule is CNCC(C)C(=O)N1CCOc2cc(F)ccc21.Cl. The summed E-state index contributed by atoms with van der Waals surface area (Å²) in [5.41, 5.74) is 0.649. The maximum Gasteiger partial charge on any atom is 0.231 e. The molecule has 0 radical (unpaired) electrons. The molecule has 4 nitrogen and oxygen atoms in total. The zero-order valence-corrected chi connectivity index (χ0v) is 11.8. The van der Waals surface area contributed by atoms with Crippen molar-refractivity contribution in [3.63, 3.8) is 0 Å². The van der Waals surface area contributed by atoms with Gasteiger partial charge in [0.15, 0.2) is 0 Å². The fourth-order valence-corrected chi connectivity index (χ4v) is 2.08. The number of anilines is 1. The van der Waals surface area contributed by atoms with Gasteiger partial charge < -0.3 is 15.0 Å². The average molecular weight is 289 g/mol. The van der Waals surface area contributed by atoms with Crippen LogP contribution in [0.3, 0.4) is 0 Å². The van der Waals surface area contributed by atoms with Gasteiger partial charge in [-0.25, -0.2) is 4.39 Å². The Kier molecular flexibility index (Phi) is 5.57. The molecule has 2 rings (SSSR count). The number of benzene rings is 1. The molecule has 106 valence electrons. The van der Waals surface area contributed by atoms with Crippen molar-refractivity contribution in [2.75, 3.05) is 31.6 Å². The number of rotatable bonds is 3. The predicted octanol–water partition coefficient (Wildman–Crippen LogP) is 1.83. The monoisotopic (exact) mass is 288 g/mol. The second-order valence-electron chi connectivity index (χ2n) is 4.41. The van der Waals surface area contributed by atoms with Crippen molar-refractivity contribution in [1.29, 1.82) is 0 Å². The van der Waals surface area contributed by atoms with Gasteiger partial charge in [0.2, 0.25) is 5.91 Å². The molecule has 6 heteroatoms. The minimum absolute atomic E-state index is 0. The smallest absolute Gasteiger partial charge is 0.231 e. The first-order valence-electron chi connectivity index (χ1n) is 6.02. The number of carbonyl (C=O) groups is 1. The first kappa shape index (κ1) is 15.7. The average Bonchev–Trinajstić information content (AvgIpc) is 2.37. The molecule has 1 aliphatic rings. The van der Waals surface area contributed by atoms with Gasteiger partial charge in [0.25, 0.3) is 0 Å². The van der Waals surface area contributed by atoms with Gasteiger partial charge in [-0.1, -0.05) is 6.92 Å². The van der Waals surface area contributed by atoms with Crippen molar-refractivity contribution in [2.24, 2.45) is 5.92 Å². The minimum atomic E-state index is -0.355. The first-order chi connectivity index (χ1) is 8.63. The number of nitrogens with zero attached hydrogens (tertiary/aromatic N) is 1. The quantitative estimate of drug-likeness (QED) is 0.923. The molecule has 1 aromatic rings. The van der Waals surface area contributed by atoms with E-state index in [9.17, 15) is 9.18 Å². The molecule has 1 atom stereocenters. The van der Waals surface area contributed by atoms with E-state index < -0.39 is 0 Å². The first-order valence-corrected chi connectivity index (χ1v) is 6.02. The van der Waals surface area contributed by atoms with E-state index >= 15 is 0 Å². The second-order valence-corrected chi connectivity index (χ2v) is 4.41. The van der Waals surface area contributed by atoms with E-state index in [1.54, 1.807) is 11.0 Å².